The van der Waals surface area contributed by atoms with E-state index in [0.29, 0.717) is 37.3 Å². The molecule has 140 valence electrons. The second-order valence-corrected chi connectivity index (χ2v) is 9.50. The van der Waals surface area contributed by atoms with Gasteiger partial charge in [-0.15, -0.1) is 0 Å². The zero-order chi connectivity index (χ0) is 18.0. The summed E-state index contributed by atoms with van der Waals surface area (Å²) in [6, 6.07) is 0.138. The van der Waals surface area contributed by atoms with Gasteiger partial charge in [0.05, 0.1) is 5.54 Å². The Morgan fingerprint density at radius 3 is 2.36 bits per heavy atom. The number of amides is 2. The lowest BCUT2D eigenvalue weighted by atomic mass is 9.47. The fraction of sp³-hybridized carbons (Fsp3) is 0.895. The number of nitrogens with two attached hydrogens (primary N) is 1. The van der Waals surface area contributed by atoms with E-state index in [9.17, 15) is 14.0 Å². The Balaban J connectivity index is 1.47. The van der Waals surface area contributed by atoms with Gasteiger partial charge in [-0.2, -0.15) is 0 Å². The minimum absolute atomic E-state index is 0.00722. The first-order valence-electron chi connectivity index (χ1n) is 9.71. The second-order valence-electron chi connectivity index (χ2n) is 9.50. The Bertz CT molecular complexity index is 577. The average molecular weight is 351 g/mol. The number of hydrogen-bond donors (Lipinski definition) is 2. The Kier molecular flexibility index (Phi) is 3.91. The number of likely N-dealkylation sites (tertiary alicyclic amines) is 1. The van der Waals surface area contributed by atoms with Crippen molar-refractivity contribution in [2.45, 2.75) is 70.1 Å². The molecule has 0 aromatic carbocycles. The summed E-state index contributed by atoms with van der Waals surface area (Å²) in [6.07, 6.45) is 4.43. The lowest BCUT2D eigenvalue weighted by molar-refractivity contribution is -0.149. The number of rotatable bonds is 4. The van der Waals surface area contributed by atoms with Gasteiger partial charge in [-0.05, 0) is 70.1 Å². The molecule has 6 heteroatoms. The summed E-state index contributed by atoms with van der Waals surface area (Å²) in [5, 5.41) is 3.29. The van der Waals surface area contributed by atoms with Gasteiger partial charge in [0.25, 0.3) is 0 Å². The highest BCUT2D eigenvalue weighted by Gasteiger charge is 2.58. The number of nitrogens with zero attached hydrogens (tertiary/aromatic N) is 1. The molecule has 2 amide bonds. The first-order valence-corrected chi connectivity index (χ1v) is 9.71. The van der Waals surface area contributed by atoms with Crippen molar-refractivity contribution in [3.8, 4) is 0 Å². The van der Waals surface area contributed by atoms with Gasteiger partial charge in [-0.3, -0.25) is 14.5 Å². The quantitative estimate of drug-likeness (QED) is 0.808. The van der Waals surface area contributed by atoms with E-state index in [-0.39, 0.29) is 23.3 Å². The van der Waals surface area contributed by atoms with Crippen LogP contribution >= 0.6 is 0 Å². The number of nitrogens with one attached hydrogen (secondary N) is 1. The first-order chi connectivity index (χ1) is 11.7. The van der Waals surface area contributed by atoms with E-state index in [1.54, 1.807) is 0 Å². The molecule has 2 unspecified atom stereocenters. The third kappa shape index (κ3) is 2.68. The van der Waals surface area contributed by atoms with E-state index in [0.717, 1.165) is 32.1 Å². The highest BCUT2D eigenvalue weighted by atomic mass is 19.1. The van der Waals surface area contributed by atoms with Crippen LogP contribution in [0.4, 0.5) is 4.39 Å². The molecule has 5 nitrogen and oxygen atoms in total. The molecule has 4 aliphatic carbocycles. The second kappa shape index (κ2) is 5.66. The summed E-state index contributed by atoms with van der Waals surface area (Å²) in [4.78, 5) is 27.0. The number of halogens is 1. The van der Waals surface area contributed by atoms with Crippen LogP contribution in [-0.4, -0.2) is 47.6 Å². The summed E-state index contributed by atoms with van der Waals surface area (Å²) < 4.78 is 13.6. The number of hydrogen-bond acceptors (Lipinski definition) is 3. The molecule has 5 aliphatic rings. The van der Waals surface area contributed by atoms with Crippen molar-refractivity contribution in [3.05, 3.63) is 0 Å². The Labute approximate surface area is 148 Å². The molecule has 5 rings (SSSR count). The van der Waals surface area contributed by atoms with E-state index < -0.39 is 11.7 Å². The molecule has 1 saturated heterocycles. The molecule has 4 bridgehead atoms. The van der Waals surface area contributed by atoms with Gasteiger partial charge in [0.1, 0.15) is 6.17 Å². The van der Waals surface area contributed by atoms with Gasteiger partial charge >= 0.3 is 0 Å². The molecule has 0 spiro atoms. The normalized spacial score (nSPS) is 43.4. The zero-order valence-electron chi connectivity index (χ0n) is 15.3. The summed E-state index contributed by atoms with van der Waals surface area (Å²) in [7, 11) is 0. The monoisotopic (exact) mass is 351 g/mol. The van der Waals surface area contributed by atoms with E-state index in [4.69, 9.17) is 5.73 Å². The smallest absolute Gasteiger partial charge is 0.240 e. The van der Waals surface area contributed by atoms with E-state index in [1.165, 1.54) is 0 Å². The van der Waals surface area contributed by atoms with Gasteiger partial charge < -0.3 is 11.1 Å². The molecule has 1 heterocycles. The predicted octanol–water partition coefficient (Wildman–Crippen LogP) is 1.61. The fourth-order valence-electron chi connectivity index (χ4n) is 6.26. The zero-order valence-corrected chi connectivity index (χ0v) is 15.3. The molecule has 0 radical (unpaired) electrons. The molecular formula is C19H30FN3O2. The van der Waals surface area contributed by atoms with Crippen molar-refractivity contribution in [1.82, 2.24) is 10.2 Å². The predicted molar refractivity (Wildman–Crippen MR) is 92.3 cm³/mol. The van der Waals surface area contributed by atoms with Crippen LogP contribution < -0.4 is 11.1 Å². The van der Waals surface area contributed by atoms with Crippen LogP contribution in [0, 0.1) is 23.2 Å². The Hall–Kier alpha value is -1.17. The number of carbonyl (C=O) groups is 2. The van der Waals surface area contributed by atoms with Gasteiger partial charge in [0, 0.05) is 24.5 Å². The van der Waals surface area contributed by atoms with Crippen LogP contribution in [0.1, 0.15) is 52.4 Å². The van der Waals surface area contributed by atoms with Gasteiger partial charge in [0.15, 0.2) is 0 Å². The molecule has 3 N–H and O–H groups in total. The molecule has 25 heavy (non-hydrogen) atoms. The van der Waals surface area contributed by atoms with Crippen LogP contribution in [0.25, 0.3) is 0 Å². The largest absolute Gasteiger partial charge is 0.369 e. The summed E-state index contributed by atoms with van der Waals surface area (Å²) in [5.41, 5.74) is 4.71. The van der Waals surface area contributed by atoms with E-state index in [1.807, 2.05) is 18.7 Å². The third-order valence-corrected chi connectivity index (χ3v) is 7.57. The van der Waals surface area contributed by atoms with Crippen LogP contribution in [0.3, 0.4) is 0 Å². The Morgan fingerprint density at radius 2 is 1.84 bits per heavy atom. The first kappa shape index (κ1) is 17.3. The van der Waals surface area contributed by atoms with Gasteiger partial charge in [0.2, 0.25) is 11.8 Å². The lowest BCUT2D eigenvalue weighted by Crippen LogP contribution is -2.65. The lowest BCUT2D eigenvalue weighted by Gasteiger charge is -2.59. The molecule has 0 aromatic heterocycles. The number of primary amides is 1. The summed E-state index contributed by atoms with van der Waals surface area (Å²) in [5.74, 6) is 1.13. The standard InChI is InChI=1S/C19H30FN3O2/c1-18(2,23-4-3-14(20)10-23)17(25)22-15-12-5-11-6-13(15)9-19(7-11,8-12)16(21)24/h11-15H,3-10H2,1-2H3,(H2,21,24)(H,22,25)/t11?,12?,13?,14-,15?,19?/m0/s1. The highest BCUT2D eigenvalue weighted by Crippen LogP contribution is 2.59. The van der Waals surface area contributed by atoms with Crippen LogP contribution in [0.5, 0.6) is 0 Å². The molecule has 3 atom stereocenters. The third-order valence-electron chi connectivity index (χ3n) is 7.57. The van der Waals surface area contributed by atoms with Crippen LogP contribution in [-0.2, 0) is 9.59 Å². The molecular weight excluding hydrogens is 321 g/mol. The minimum atomic E-state index is -0.830. The minimum Gasteiger partial charge on any atom is -0.369 e. The average Bonchev–Trinajstić information content (AvgIpc) is 2.97. The fourth-order valence-corrected chi connectivity index (χ4v) is 6.26. The number of alkyl halides is 1. The van der Waals surface area contributed by atoms with Crippen molar-refractivity contribution >= 4 is 11.8 Å². The summed E-state index contributed by atoms with van der Waals surface area (Å²) in [6.45, 7) is 4.75. The van der Waals surface area contributed by atoms with E-state index in [2.05, 4.69) is 5.32 Å². The maximum absolute atomic E-state index is 13.6. The van der Waals surface area contributed by atoms with Gasteiger partial charge in [-0.1, -0.05) is 0 Å². The molecule has 1 aliphatic heterocycles. The molecule has 0 aromatic rings. The number of carbonyl (C=O) groups excluding carboxylic acids is 2. The van der Waals surface area contributed by atoms with Crippen LogP contribution in [0.15, 0.2) is 0 Å². The molecule has 4 saturated carbocycles. The van der Waals surface area contributed by atoms with E-state index >= 15 is 0 Å². The van der Waals surface area contributed by atoms with Crippen molar-refractivity contribution in [1.29, 1.82) is 0 Å². The maximum atomic E-state index is 13.6. The maximum Gasteiger partial charge on any atom is 0.240 e. The van der Waals surface area contributed by atoms with Crippen LogP contribution in [0.2, 0.25) is 0 Å². The summed E-state index contributed by atoms with van der Waals surface area (Å²) >= 11 is 0. The topological polar surface area (TPSA) is 75.4 Å². The van der Waals surface area contributed by atoms with Crippen molar-refractivity contribution < 1.29 is 14.0 Å². The van der Waals surface area contributed by atoms with Crippen molar-refractivity contribution in [2.24, 2.45) is 28.9 Å². The van der Waals surface area contributed by atoms with Crippen molar-refractivity contribution in [2.75, 3.05) is 13.1 Å². The van der Waals surface area contributed by atoms with Crippen molar-refractivity contribution in [3.63, 3.8) is 0 Å². The Morgan fingerprint density at radius 1 is 1.20 bits per heavy atom. The SMILES string of the molecule is CC(C)(C(=O)NC1C2CC3CC1CC(C(N)=O)(C3)C2)N1CC[C@H](F)C1. The van der Waals surface area contributed by atoms with Gasteiger partial charge in [-0.25, -0.2) is 4.39 Å². The highest BCUT2D eigenvalue weighted by molar-refractivity contribution is 5.86. The molecule has 5 fully saturated rings.